The predicted octanol–water partition coefficient (Wildman–Crippen LogP) is 9.40. The van der Waals surface area contributed by atoms with Gasteiger partial charge in [0.25, 0.3) is 5.91 Å². The van der Waals surface area contributed by atoms with Crippen LogP contribution in [0.25, 0.3) is 11.0 Å². The topological polar surface area (TPSA) is 95.4 Å². The molecule has 1 aromatic heterocycles. The lowest BCUT2D eigenvalue weighted by molar-refractivity contribution is 0.0777. The van der Waals surface area contributed by atoms with E-state index in [2.05, 4.69) is 63.0 Å². The van der Waals surface area contributed by atoms with E-state index >= 15 is 0 Å². The fourth-order valence-corrected chi connectivity index (χ4v) is 9.54. The van der Waals surface area contributed by atoms with Crippen LogP contribution >= 0.6 is 0 Å². The van der Waals surface area contributed by atoms with Gasteiger partial charge in [0.05, 0.1) is 32.4 Å². The normalized spacial score (nSPS) is 17.9. The highest BCUT2D eigenvalue weighted by molar-refractivity contribution is 6.74. The highest BCUT2D eigenvalue weighted by Gasteiger charge is 2.43. The van der Waals surface area contributed by atoms with E-state index in [1.807, 2.05) is 33.7 Å². The van der Waals surface area contributed by atoms with Gasteiger partial charge in [-0.15, -0.1) is 0 Å². The lowest BCUT2D eigenvalue weighted by atomic mass is 9.76. The number of likely N-dealkylation sites (tertiary alicyclic amines) is 2. The van der Waals surface area contributed by atoms with E-state index in [-0.39, 0.29) is 33.9 Å². The van der Waals surface area contributed by atoms with Crippen molar-refractivity contribution in [3.8, 4) is 23.0 Å². The van der Waals surface area contributed by atoms with Gasteiger partial charge in [0, 0.05) is 36.5 Å². The van der Waals surface area contributed by atoms with Crippen LogP contribution in [-0.2, 0) is 12.0 Å². The number of fused-ring (bicyclic) bond motifs is 1. The fraction of sp³-hybridized carbons (Fsp3) is 0.438. The molecule has 0 aliphatic carbocycles. The second-order valence-corrected chi connectivity index (χ2v) is 22.6. The van der Waals surface area contributed by atoms with E-state index in [9.17, 15) is 14.0 Å². The number of imidazole rings is 1. The van der Waals surface area contributed by atoms with E-state index in [4.69, 9.17) is 23.6 Å². The molecule has 3 heterocycles. The molecule has 0 N–H and O–H groups in total. The second kappa shape index (κ2) is 17.4. The molecule has 2 aliphatic heterocycles. The monoisotopic (exact) mass is 834 g/mol. The first-order valence-corrected chi connectivity index (χ1v) is 23.9. The number of hydrogen-bond donors (Lipinski definition) is 0. The van der Waals surface area contributed by atoms with Crippen molar-refractivity contribution >= 4 is 31.0 Å². The van der Waals surface area contributed by atoms with Crippen LogP contribution in [0, 0.1) is 11.7 Å². The predicted molar refractivity (Wildman–Crippen MR) is 236 cm³/mol. The SMILES string of the molecule is COc1cc(C(=O)N2CCC(CCN3CCC(C(=O)c4nc5ccccc5n4Cc4ccc(F)cc4)CC3)(c3ccc(O[Si](C)(C)C(C)(C)C)cc3)C2)cc(OC)c1OC. The molecule has 0 saturated carbocycles. The molecule has 4 aromatic carbocycles. The summed E-state index contributed by atoms with van der Waals surface area (Å²) in [6, 6.07) is 26.2. The maximum absolute atomic E-state index is 14.2. The molecule has 10 nitrogen and oxygen atoms in total. The van der Waals surface area contributed by atoms with Crippen LogP contribution in [0.4, 0.5) is 4.39 Å². The first-order valence-electron chi connectivity index (χ1n) is 21.0. The number of ketones is 1. The molecule has 1 amide bonds. The summed E-state index contributed by atoms with van der Waals surface area (Å²) in [4.78, 5) is 37.7. The molecule has 0 spiro atoms. The number of hydrogen-bond acceptors (Lipinski definition) is 8. The number of para-hydroxylation sites is 2. The van der Waals surface area contributed by atoms with Gasteiger partial charge in [0.1, 0.15) is 11.6 Å². The van der Waals surface area contributed by atoms with Gasteiger partial charge in [0.2, 0.25) is 19.9 Å². The quantitative estimate of drug-likeness (QED) is 0.0808. The van der Waals surface area contributed by atoms with Gasteiger partial charge in [0.15, 0.2) is 17.3 Å². The summed E-state index contributed by atoms with van der Waals surface area (Å²) in [7, 11) is 2.62. The molecule has 12 heteroatoms. The Bertz CT molecular complexity index is 2290. The number of nitrogens with zero attached hydrogens (tertiary/aromatic N) is 4. The lowest BCUT2D eigenvalue weighted by Gasteiger charge is -2.37. The second-order valence-electron chi connectivity index (χ2n) is 17.9. The average Bonchev–Trinajstić information content (AvgIpc) is 3.85. The van der Waals surface area contributed by atoms with Crippen molar-refractivity contribution in [2.45, 2.75) is 76.5 Å². The Kier molecular flexibility index (Phi) is 12.5. The number of aromatic nitrogens is 2. The Morgan fingerprint density at radius 3 is 2.13 bits per heavy atom. The van der Waals surface area contributed by atoms with E-state index in [0.717, 1.165) is 67.7 Å². The zero-order valence-electron chi connectivity index (χ0n) is 36.3. The van der Waals surface area contributed by atoms with Gasteiger partial charge >= 0.3 is 0 Å². The summed E-state index contributed by atoms with van der Waals surface area (Å²) >= 11 is 0. The number of benzene rings is 4. The number of Topliss-reactive ketones (excluding diaryl/α,β-unsaturated/α-hetero) is 1. The minimum absolute atomic E-state index is 0.0566. The van der Waals surface area contributed by atoms with Crippen LogP contribution < -0.4 is 18.6 Å². The summed E-state index contributed by atoms with van der Waals surface area (Å²) in [6.07, 6.45) is 3.12. The van der Waals surface area contributed by atoms with E-state index < -0.39 is 8.32 Å². The average molecular weight is 835 g/mol. The van der Waals surface area contributed by atoms with Crippen molar-refractivity contribution in [3.05, 3.63) is 113 Å². The Morgan fingerprint density at radius 2 is 1.52 bits per heavy atom. The van der Waals surface area contributed by atoms with Crippen LogP contribution in [0.15, 0.2) is 84.9 Å². The Labute approximate surface area is 354 Å². The number of halogens is 1. The third kappa shape index (κ3) is 8.81. The van der Waals surface area contributed by atoms with Crippen LogP contribution in [-0.4, -0.2) is 93.4 Å². The van der Waals surface area contributed by atoms with Gasteiger partial charge in [-0.05, 0) is 123 Å². The molecule has 5 aromatic rings. The summed E-state index contributed by atoms with van der Waals surface area (Å²) in [5.74, 6) is 2.20. The van der Waals surface area contributed by atoms with Gasteiger partial charge in [-0.2, -0.15) is 0 Å². The van der Waals surface area contributed by atoms with Gasteiger partial charge in [-0.25, -0.2) is 9.37 Å². The lowest BCUT2D eigenvalue weighted by Crippen LogP contribution is -2.43. The maximum atomic E-state index is 14.2. The minimum Gasteiger partial charge on any atom is -0.544 e. The van der Waals surface area contributed by atoms with Gasteiger partial charge in [-0.3, -0.25) is 9.59 Å². The third-order valence-electron chi connectivity index (χ3n) is 13.2. The number of carbonyl (C=O) groups is 2. The molecule has 2 fully saturated rings. The molecule has 1 unspecified atom stereocenters. The number of piperidine rings is 1. The first kappa shape index (κ1) is 42.9. The molecule has 60 heavy (non-hydrogen) atoms. The molecule has 1 atom stereocenters. The summed E-state index contributed by atoms with van der Waals surface area (Å²) < 4.78 is 39.0. The number of carbonyl (C=O) groups excluding carboxylic acids is 2. The van der Waals surface area contributed by atoms with E-state index in [1.165, 1.54) is 17.7 Å². The van der Waals surface area contributed by atoms with Gasteiger partial charge < -0.3 is 33.0 Å². The highest BCUT2D eigenvalue weighted by Crippen LogP contribution is 2.43. The summed E-state index contributed by atoms with van der Waals surface area (Å²) in [6.45, 7) is 15.3. The van der Waals surface area contributed by atoms with Crippen LogP contribution in [0.1, 0.15) is 78.6 Å². The summed E-state index contributed by atoms with van der Waals surface area (Å²) in [5.41, 5.74) is 3.96. The van der Waals surface area contributed by atoms with Crippen molar-refractivity contribution < 1.29 is 32.6 Å². The Hall–Kier alpha value is -5.20. The van der Waals surface area contributed by atoms with E-state index in [1.54, 1.807) is 45.6 Å². The number of ether oxygens (including phenoxy) is 3. The number of amides is 1. The Morgan fingerprint density at radius 1 is 0.867 bits per heavy atom. The van der Waals surface area contributed by atoms with Crippen molar-refractivity contribution in [1.82, 2.24) is 19.4 Å². The largest absolute Gasteiger partial charge is 0.544 e. The minimum atomic E-state index is -2.04. The zero-order chi connectivity index (χ0) is 42.8. The van der Waals surface area contributed by atoms with Gasteiger partial charge in [-0.1, -0.05) is 57.2 Å². The molecule has 2 aliphatic rings. The molecular formula is C48H59FN4O6Si. The number of rotatable bonds is 14. The highest BCUT2D eigenvalue weighted by atomic mass is 28.4. The number of methoxy groups -OCH3 is 3. The maximum Gasteiger partial charge on any atom is 0.254 e. The molecule has 7 rings (SSSR count). The van der Waals surface area contributed by atoms with Crippen molar-refractivity contribution in [2.24, 2.45) is 5.92 Å². The van der Waals surface area contributed by atoms with E-state index in [0.29, 0.717) is 48.3 Å². The third-order valence-corrected chi connectivity index (χ3v) is 17.6. The molecule has 0 bridgehead atoms. The fourth-order valence-electron chi connectivity index (χ4n) is 8.51. The molecule has 2 saturated heterocycles. The van der Waals surface area contributed by atoms with Crippen LogP contribution in [0.5, 0.6) is 23.0 Å². The van der Waals surface area contributed by atoms with Crippen LogP contribution in [0.2, 0.25) is 18.1 Å². The standard InChI is InChI=1S/C48H59FN4O6Si/c1-47(2,3)60(7,8)59-38-19-15-36(16-20-38)48(24-28-52(32-48)46(55)35-29-41(56-4)44(58-6)42(30-35)57-5)23-27-51-25-21-34(22-26-51)43(54)45-50-39-11-9-10-12-40(39)53(45)31-33-13-17-37(49)18-14-33/h9-20,29-30,34H,21-28,31-32H2,1-8H3. The molecule has 318 valence electrons. The first-order chi connectivity index (χ1) is 28.6. The van der Waals surface area contributed by atoms with Crippen molar-refractivity contribution in [3.63, 3.8) is 0 Å². The zero-order valence-corrected chi connectivity index (χ0v) is 37.3. The van der Waals surface area contributed by atoms with Crippen molar-refractivity contribution in [2.75, 3.05) is 54.1 Å². The van der Waals surface area contributed by atoms with Crippen molar-refractivity contribution in [1.29, 1.82) is 0 Å². The summed E-state index contributed by atoms with van der Waals surface area (Å²) in [5, 5.41) is 0.0724. The smallest absolute Gasteiger partial charge is 0.254 e. The Balaban J connectivity index is 1.08. The molecule has 0 radical (unpaired) electrons. The van der Waals surface area contributed by atoms with Crippen LogP contribution in [0.3, 0.4) is 0 Å². The molecular weight excluding hydrogens is 776 g/mol.